The highest BCUT2D eigenvalue weighted by molar-refractivity contribution is 5.82. The molecule has 3 nitrogen and oxygen atoms in total. The molecule has 0 aromatic heterocycles. The van der Waals surface area contributed by atoms with Crippen molar-refractivity contribution in [3.05, 3.63) is 0 Å². The summed E-state index contributed by atoms with van der Waals surface area (Å²) < 4.78 is 12.8. The van der Waals surface area contributed by atoms with Crippen molar-refractivity contribution in [1.29, 1.82) is 0 Å². The lowest BCUT2D eigenvalue weighted by Crippen LogP contribution is -2.41. The molecule has 1 heterocycles. The van der Waals surface area contributed by atoms with Gasteiger partial charge in [0.25, 0.3) is 0 Å². The molecule has 1 aliphatic heterocycles. The molecule has 2 N–H and O–H groups in total. The van der Waals surface area contributed by atoms with Crippen molar-refractivity contribution in [3.63, 3.8) is 0 Å². The molecule has 0 aromatic carbocycles. The Morgan fingerprint density at radius 3 is 2.67 bits per heavy atom. The highest BCUT2D eigenvalue weighted by Gasteiger charge is 2.28. The second-order valence-corrected chi connectivity index (χ2v) is 5.40. The van der Waals surface area contributed by atoms with E-state index in [0.29, 0.717) is 19.5 Å². The first-order valence-electron chi connectivity index (χ1n) is 5.54. The second kappa shape index (κ2) is 4.92. The SMILES string of the molecule is CC(C)(C)CCNC(=O)[C@H]1C[C@H](F)CN1. The minimum atomic E-state index is -0.872. The van der Waals surface area contributed by atoms with Crippen molar-refractivity contribution in [1.82, 2.24) is 10.6 Å². The monoisotopic (exact) mass is 216 g/mol. The van der Waals surface area contributed by atoms with Crippen molar-refractivity contribution in [2.75, 3.05) is 13.1 Å². The Hall–Kier alpha value is -0.640. The lowest BCUT2D eigenvalue weighted by Gasteiger charge is -2.19. The van der Waals surface area contributed by atoms with Gasteiger partial charge >= 0.3 is 0 Å². The van der Waals surface area contributed by atoms with Gasteiger partial charge < -0.3 is 10.6 Å². The topological polar surface area (TPSA) is 41.1 Å². The van der Waals surface area contributed by atoms with Gasteiger partial charge in [-0.1, -0.05) is 20.8 Å². The first kappa shape index (κ1) is 12.4. The fourth-order valence-electron chi connectivity index (χ4n) is 1.58. The van der Waals surface area contributed by atoms with Gasteiger partial charge in [-0.25, -0.2) is 4.39 Å². The van der Waals surface area contributed by atoms with Crippen molar-refractivity contribution in [2.45, 2.75) is 45.8 Å². The Bertz CT molecular complexity index is 225. The summed E-state index contributed by atoms with van der Waals surface area (Å²) in [6.45, 7) is 7.36. The van der Waals surface area contributed by atoms with Crippen LogP contribution in [0.15, 0.2) is 0 Å². The van der Waals surface area contributed by atoms with Crippen LogP contribution in [0.25, 0.3) is 0 Å². The van der Waals surface area contributed by atoms with Crippen LogP contribution in [0, 0.1) is 5.41 Å². The Balaban J connectivity index is 2.19. The van der Waals surface area contributed by atoms with Gasteiger partial charge in [-0.3, -0.25) is 4.79 Å². The summed E-state index contributed by atoms with van der Waals surface area (Å²) in [4.78, 5) is 11.5. The largest absolute Gasteiger partial charge is 0.355 e. The Morgan fingerprint density at radius 1 is 1.53 bits per heavy atom. The van der Waals surface area contributed by atoms with Crippen LogP contribution in [0.1, 0.15) is 33.6 Å². The van der Waals surface area contributed by atoms with Gasteiger partial charge in [0.15, 0.2) is 0 Å². The Morgan fingerprint density at radius 2 is 2.20 bits per heavy atom. The predicted octanol–water partition coefficient (Wildman–Crippen LogP) is 1.24. The summed E-state index contributed by atoms with van der Waals surface area (Å²) in [5.74, 6) is -0.0700. The summed E-state index contributed by atoms with van der Waals surface area (Å²) in [7, 11) is 0. The molecule has 1 saturated heterocycles. The van der Waals surface area contributed by atoms with E-state index in [4.69, 9.17) is 0 Å². The van der Waals surface area contributed by atoms with Crippen LogP contribution >= 0.6 is 0 Å². The zero-order valence-corrected chi connectivity index (χ0v) is 9.77. The van der Waals surface area contributed by atoms with Crippen LogP contribution in [0.3, 0.4) is 0 Å². The summed E-state index contributed by atoms with van der Waals surface area (Å²) in [5, 5.41) is 5.70. The minimum absolute atomic E-state index is 0.0700. The number of hydrogen-bond donors (Lipinski definition) is 2. The summed E-state index contributed by atoms with van der Waals surface area (Å²) in [6.07, 6.45) is 0.370. The van der Waals surface area contributed by atoms with Gasteiger partial charge in [-0.05, 0) is 11.8 Å². The molecular formula is C11H21FN2O. The average Bonchev–Trinajstić information content (AvgIpc) is 2.49. The Kier molecular flexibility index (Phi) is 4.08. The zero-order chi connectivity index (χ0) is 11.5. The molecule has 1 fully saturated rings. The first-order valence-corrected chi connectivity index (χ1v) is 5.54. The molecule has 0 radical (unpaired) electrons. The van der Waals surface area contributed by atoms with Crippen LogP contribution in [0.5, 0.6) is 0 Å². The highest BCUT2D eigenvalue weighted by atomic mass is 19.1. The van der Waals surface area contributed by atoms with Gasteiger partial charge in [0.05, 0.1) is 6.04 Å². The number of alkyl halides is 1. The molecule has 4 heteroatoms. The maximum Gasteiger partial charge on any atom is 0.237 e. The maximum absolute atomic E-state index is 12.8. The van der Waals surface area contributed by atoms with E-state index in [1.807, 2.05) is 0 Å². The molecule has 15 heavy (non-hydrogen) atoms. The summed E-state index contributed by atoms with van der Waals surface area (Å²) in [5.41, 5.74) is 0.221. The molecular weight excluding hydrogens is 195 g/mol. The zero-order valence-electron chi connectivity index (χ0n) is 9.77. The first-order chi connectivity index (χ1) is 6.88. The molecule has 0 aliphatic carbocycles. The average molecular weight is 216 g/mol. The predicted molar refractivity (Wildman–Crippen MR) is 58.4 cm³/mol. The molecule has 1 aliphatic rings. The highest BCUT2D eigenvalue weighted by Crippen LogP contribution is 2.17. The molecule has 0 aromatic rings. The van der Waals surface area contributed by atoms with Gasteiger partial charge in [0.2, 0.25) is 5.91 Å². The van der Waals surface area contributed by atoms with E-state index < -0.39 is 6.17 Å². The Labute approximate surface area is 90.8 Å². The van der Waals surface area contributed by atoms with Crippen LogP contribution in [-0.2, 0) is 4.79 Å². The number of carbonyl (C=O) groups is 1. The molecule has 88 valence electrons. The number of carbonyl (C=O) groups excluding carboxylic acids is 1. The minimum Gasteiger partial charge on any atom is -0.355 e. The molecule has 1 amide bonds. The number of hydrogen-bond acceptors (Lipinski definition) is 2. The van der Waals surface area contributed by atoms with Crippen LogP contribution in [0.4, 0.5) is 4.39 Å². The van der Waals surface area contributed by atoms with E-state index in [0.717, 1.165) is 6.42 Å². The third kappa shape index (κ3) is 4.60. The van der Waals surface area contributed by atoms with E-state index in [9.17, 15) is 9.18 Å². The van der Waals surface area contributed by atoms with Gasteiger partial charge in [-0.2, -0.15) is 0 Å². The fraction of sp³-hybridized carbons (Fsp3) is 0.909. The molecule has 0 bridgehead atoms. The van der Waals surface area contributed by atoms with E-state index in [1.165, 1.54) is 0 Å². The van der Waals surface area contributed by atoms with Crippen molar-refractivity contribution >= 4 is 5.91 Å². The van der Waals surface area contributed by atoms with Gasteiger partial charge in [0.1, 0.15) is 6.17 Å². The van der Waals surface area contributed by atoms with E-state index in [-0.39, 0.29) is 17.4 Å². The van der Waals surface area contributed by atoms with Crippen LogP contribution < -0.4 is 10.6 Å². The number of nitrogens with one attached hydrogen (secondary N) is 2. The van der Waals surface area contributed by atoms with Gasteiger partial charge in [0, 0.05) is 19.5 Å². The smallest absolute Gasteiger partial charge is 0.237 e. The maximum atomic E-state index is 12.8. The summed E-state index contributed by atoms with van der Waals surface area (Å²) >= 11 is 0. The third-order valence-corrected chi connectivity index (χ3v) is 2.57. The molecule has 2 atom stereocenters. The van der Waals surface area contributed by atoms with Crippen LogP contribution in [0.2, 0.25) is 0 Å². The summed E-state index contributed by atoms with van der Waals surface area (Å²) in [6, 6.07) is -0.333. The lowest BCUT2D eigenvalue weighted by molar-refractivity contribution is -0.122. The third-order valence-electron chi connectivity index (χ3n) is 2.57. The standard InChI is InChI=1S/C11H21FN2O/c1-11(2,3)4-5-13-10(15)9-6-8(12)7-14-9/h8-9,14H,4-7H2,1-3H3,(H,13,15)/t8-,9+/m0/s1. The molecule has 1 rings (SSSR count). The van der Waals surface area contributed by atoms with Gasteiger partial charge in [-0.15, -0.1) is 0 Å². The quantitative estimate of drug-likeness (QED) is 0.745. The van der Waals surface area contributed by atoms with Crippen molar-refractivity contribution in [2.24, 2.45) is 5.41 Å². The number of rotatable bonds is 3. The van der Waals surface area contributed by atoms with E-state index in [1.54, 1.807) is 0 Å². The van der Waals surface area contributed by atoms with Crippen molar-refractivity contribution in [3.8, 4) is 0 Å². The van der Waals surface area contributed by atoms with Crippen molar-refractivity contribution < 1.29 is 9.18 Å². The number of halogens is 1. The molecule has 0 unspecified atom stereocenters. The van der Waals surface area contributed by atoms with E-state index in [2.05, 4.69) is 31.4 Å². The fourth-order valence-corrected chi connectivity index (χ4v) is 1.58. The lowest BCUT2D eigenvalue weighted by atomic mass is 9.92. The number of amides is 1. The normalized spacial score (nSPS) is 26.7. The van der Waals surface area contributed by atoms with Crippen LogP contribution in [-0.4, -0.2) is 31.2 Å². The molecule has 0 spiro atoms. The van der Waals surface area contributed by atoms with E-state index >= 15 is 0 Å². The molecule has 0 saturated carbocycles. The second-order valence-electron chi connectivity index (χ2n) is 5.40.